The molecule has 0 aliphatic carbocycles. The number of benzene rings is 3. The number of anilines is 2. The van der Waals surface area contributed by atoms with E-state index in [4.69, 9.17) is 21.1 Å². The van der Waals surface area contributed by atoms with Crippen LogP contribution in [-0.4, -0.2) is 53.8 Å². The Morgan fingerprint density at radius 3 is 2.29 bits per heavy atom. The van der Waals surface area contributed by atoms with E-state index in [2.05, 4.69) is 10.6 Å². The van der Waals surface area contributed by atoms with Crippen LogP contribution in [0.15, 0.2) is 60.7 Å². The standard InChI is InChI=1S/C27H27ClF3N3O6S/c1-39-23-11-8-17(14-24(23)40-2)12-13-32-26(36)19-6-4-5-7-22(19)33-25(35)16-34(41(3,37)38)18-9-10-21(28)20(15-18)27(29,30)31/h4-11,14-15H,12-13,16H2,1-3H3,(H,32,36)(H,33,35). The average Bonchev–Trinajstić information content (AvgIpc) is 2.91. The van der Waals surface area contributed by atoms with E-state index in [1.165, 1.54) is 26.4 Å². The van der Waals surface area contributed by atoms with Gasteiger partial charge in [-0.2, -0.15) is 13.2 Å². The fraction of sp³-hybridized carbons (Fsp3) is 0.259. The molecule has 2 N–H and O–H groups in total. The van der Waals surface area contributed by atoms with Crippen molar-refractivity contribution < 1.29 is 40.7 Å². The second kappa shape index (κ2) is 13.1. The molecule has 220 valence electrons. The number of nitrogens with one attached hydrogen (secondary N) is 2. The summed E-state index contributed by atoms with van der Waals surface area (Å²) >= 11 is 5.64. The van der Waals surface area contributed by atoms with Gasteiger partial charge >= 0.3 is 6.18 Å². The smallest absolute Gasteiger partial charge is 0.417 e. The lowest BCUT2D eigenvalue weighted by Gasteiger charge is -2.23. The van der Waals surface area contributed by atoms with E-state index in [1.54, 1.807) is 24.3 Å². The van der Waals surface area contributed by atoms with Crippen molar-refractivity contribution in [2.45, 2.75) is 12.6 Å². The van der Waals surface area contributed by atoms with Crippen molar-refractivity contribution in [3.8, 4) is 11.5 Å². The third-order valence-corrected chi connectivity index (χ3v) is 7.29. The SMILES string of the molecule is COc1ccc(CCNC(=O)c2ccccc2NC(=O)CN(c2ccc(Cl)c(C(F)(F)F)c2)S(C)(=O)=O)cc1OC. The maximum absolute atomic E-state index is 13.3. The number of ether oxygens (including phenoxy) is 2. The Labute approximate surface area is 240 Å². The lowest BCUT2D eigenvalue weighted by Crippen LogP contribution is -2.38. The van der Waals surface area contributed by atoms with Gasteiger partial charge in [0.05, 0.1) is 48.0 Å². The third kappa shape index (κ3) is 8.27. The van der Waals surface area contributed by atoms with Crippen molar-refractivity contribution in [3.63, 3.8) is 0 Å². The van der Waals surface area contributed by atoms with Crippen LogP contribution in [0.2, 0.25) is 5.02 Å². The molecule has 0 unspecified atom stereocenters. The summed E-state index contributed by atoms with van der Waals surface area (Å²) in [6.07, 6.45) is -3.63. The molecular formula is C27H27ClF3N3O6S. The molecule has 0 saturated carbocycles. The Balaban J connectivity index is 1.72. The van der Waals surface area contributed by atoms with Crippen LogP contribution in [0.25, 0.3) is 0 Å². The van der Waals surface area contributed by atoms with E-state index in [-0.39, 0.29) is 17.8 Å². The lowest BCUT2D eigenvalue weighted by atomic mass is 10.1. The molecule has 3 aromatic rings. The number of carbonyl (C=O) groups is 2. The van der Waals surface area contributed by atoms with Gasteiger partial charge in [-0.1, -0.05) is 29.8 Å². The van der Waals surface area contributed by atoms with Gasteiger partial charge in [-0.25, -0.2) is 8.42 Å². The van der Waals surface area contributed by atoms with Gasteiger partial charge < -0.3 is 20.1 Å². The second-order valence-corrected chi connectivity index (χ2v) is 11.0. The molecule has 0 aromatic heterocycles. The van der Waals surface area contributed by atoms with Crippen molar-refractivity contribution in [2.75, 3.05) is 43.2 Å². The number of carbonyl (C=O) groups excluding carboxylic acids is 2. The Morgan fingerprint density at radius 1 is 0.976 bits per heavy atom. The van der Waals surface area contributed by atoms with Crippen LogP contribution < -0.4 is 24.4 Å². The van der Waals surface area contributed by atoms with Crippen LogP contribution in [0, 0.1) is 0 Å². The van der Waals surface area contributed by atoms with Crippen LogP contribution in [0.4, 0.5) is 24.5 Å². The predicted octanol–water partition coefficient (Wildman–Crippen LogP) is 4.75. The molecule has 0 aliphatic heterocycles. The Kier molecular flexibility index (Phi) is 10.1. The number of amides is 2. The van der Waals surface area contributed by atoms with Crippen molar-refractivity contribution in [1.82, 2.24) is 5.32 Å². The van der Waals surface area contributed by atoms with E-state index >= 15 is 0 Å². The first kappa shape index (κ1) is 31.6. The van der Waals surface area contributed by atoms with Gasteiger partial charge in [0.2, 0.25) is 15.9 Å². The lowest BCUT2D eigenvalue weighted by molar-refractivity contribution is -0.137. The summed E-state index contributed by atoms with van der Waals surface area (Å²) in [5.74, 6) is -0.282. The van der Waals surface area contributed by atoms with Gasteiger partial charge in [0.25, 0.3) is 5.91 Å². The van der Waals surface area contributed by atoms with Crippen LogP contribution >= 0.6 is 11.6 Å². The number of methoxy groups -OCH3 is 2. The minimum absolute atomic E-state index is 0.0849. The molecule has 0 radical (unpaired) electrons. The summed E-state index contributed by atoms with van der Waals surface area (Å²) in [6, 6.07) is 13.9. The number of sulfonamides is 1. The normalized spacial score (nSPS) is 11.5. The van der Waals surface area contributed by atoms with Gasteiger partial charge in [0.15, 0.2) is 11.5 Å². The molecule has 3 rings (SSSR count). The number of halogens is 4. The molecule has 0 aliphatic rings. The molecule has 0 fully saturated rings. The van der Waals surface area contributed by atoms with E-state index in [9.17, 15) is 31.2 Å². The van der Waals surface area contributed by atoms with Gasteiger partial charge in [0, 0.05) is 6.54 Å². The first-order valence-corrected chi connectivity index (χ1v) is 14.2. The van der Waals surface area contributed by atoms with Crippen molar-refractivity contribution in [1.29, 1.82) is 0 Å². The number of hydrogen-bond acceptors (Lipinski definition) is 6. The van der Waals surface area contributed by atoms with Gasteiger partial charge in [-0.05, 0) is 54.4 Å². The highest BCUT2D eigenvalue weighted by molar-refractivity contribution is 7.92. The topological polar surface area (TPSA) is 114 Å². The summed E-state index contributed by atoms with van der Waals surface area (Å²) in [6.45, 7) is -0.608. The number of hydrogen-bond donors (Lipinski definition) is 2. The van der Waals surface area contributed by atoms with E-state index < -0.39 is 50.8 Å². The summed E-state index contributed by atoms with van der Waals surface area (Å²) in [7, 11) is -1.15. The number of nitrogens with zero attached hydrogens (tertiary/aromatic N) is 1. The van der Waals surface area contributed by atoms with Crippen LogP contribution in [0.3, 0.4) is 0 Å². The monoisotopic (exact) mass is 613 g/mol. The highest BCUT2D eigenvalue weighted by atomic mass is 35.5. The quantitative estimate of drug-likeness (QED) is 0.323. The Morgan fingerprint density at radius 2 is 1.66 bits per heavy atom. The van der Waals surface area contributed by atoms with Gasteiger partial charge in [-0.3, -0.25) is 13.9 Å². The molecule has 9 nitrogen and oxygen atoms in total. The molecule has 0 bridgehead atoms. The third-order valence-electron chi connectivity index (χ3n) is 5.82. The summed E-state index contributed by atoms with van der Waals surface area (Å²) in [5.41, 5.74) is -0.589. The Bertz CT molecular complexity index is 1530. The molecule has 0 spiro atoms. The molecule has 41 heavy (non-hydrogen) atoms. The summed E-state index contributed by atoms with van der Waals surface area (Å²) < 4.78 is 75.8. The zero-order valence-corrected chi connectivity index (χ0v) is 23.8. The van der Waals surface area contributed by atoms with Crippen LogP contribution in [0.5, 0.6) is 11.5 Å². The van der Waals surface area contributed by atoms with E-state index in [1.807, 2.05) is 6.07 Å². The van der Waals surface area contributed by atoms with Crippen LogP contribution in [-0.2, 0) is 27.4 Å². The average molecular weight is 614 g/mol. The molecule has 0 saturated heterocycles. The molecule has 14 heteroatoms. The fourth-order valence-electron chi connectivity index (χ4n) is 3.85. The first-order valence-electron chi connectivity index (χ1n) is 12.0. The minimum atomic E-state index is -4.84. The summed E-state index contributed by atoms with van der Waals surface area (Å²) in [4.78, 5) is 25.8. The van der Waals surface area contributed by atoms with Crippen molar-refractivity contribution in [2.24, 2.45) is 0 Å². The highest BCUT2D eigenvalue weighted by Crippen LogP contribution is 2.37. The summed E-state index contributed by atoms with van der Waals surface area (Å²) in [5, 5.41) is 4.61. The highest BCUT2D eigenvalue weighted by Gasteiger charge is 2.34. The molecule has 3 aromatic carbocycles. The molecular weight excluding hydrogens is 587 g/mol. The van der Waals surface area contributed by atoms with Gasteiger partial charge in [0.1, 0.15) is 6.54 Å². The first-order chi connectivity index (χ1) is 19.2. The van der Waals surface area contributed by atoms with Crippen molar-refractivity contribution in [3.05, 3.63) is 82.4 Å². The van der Waals surface area contributed by atoms with Crippen molar-refractivity contribution >= 4 is 44.8 Å². The number of alkyl halides is 3. The largest absolute Gasteiger partial charge is 0.493 e. The maximum atomic E-state index is 13.3. The van der Waals surface area contributed by atoms with E-state index in [0.29, 0.717) is 28.3 Å². The molecule has 0 atom stereocenters. The zero-order chi connectivity index (χ0) is 30.4. The number of rotatable bonds is 11. The Hall–Kier alpha value is -3.97. The second-order valence-electron chi connectivity index (χ2n) is 8.72. The number of para-hydroxylation sites is 1. The minimum Gasteiger partial charge on any atom is -0.493 e. The van der Waals surface area contributed by atoms with E-state index in [0.717, 1.165) is 24.0 Å². The maximum Gasteiger partial charge on any atom is 0.417 e. The fourth-order valence-corrected chi connectivity index (χ4v) is 4.92. The van der Waals surface area contributed by atoms with Crippen LogP contribution in [0.1, 0.15) is 21.5 Å². The predicted molar refractivity (Wildman–Crippen MR) is 149 cm³/mol. The zero-order valence-electron chi connectivity index (χ0n) is 22.2. The molecule has 2 amide bonds. The van der Waals surface area contributed by atoms with Gasteiger partial charge in [-0.15, -0.1) is 0 Å². The molecule has 0 heterocycles.